The quantitative estimate of drug-likeness (QED) is 0.735. The van der Waals surface area contributed by atoms with Crippen LogP contribution in [0, 0.1) is 0 Å². The molecule has 110 valence electrons. The second-order valence-corrected chi connectivity index (χ2v) is 5.66. The lowest BCUT2D eigenvalue weighted by Crippen LogP contribution is -2.46. The van der Waals surface area contributed by atoms with Crippen molar-refractivity contribution in [3.63, 3.8) is 0 Å². The molecule has 2 aliphatic heterocycles. The van der Waals surface area contributed by atoms with Crippen LogP contribution < -0.4 is 4.90 Å². The smallest absolute Gasteiger partial charge is 0.0672 e. The predicted octanol–water partition coefficient (Wildman–Crippen LogP) is 3.51. The van der Waals surface area contributed by atoms with E-state index in [0.29, 0.717) is 13.1 Å². The molecule has 1 unspecified atom stereocenters. The molecule has 1 atom stereocenters. The van der Waals surface area contributed by atoms with Crippen LogP contribution in [-0.2, 0) is 6.42 Å². The standard InChI is InChI=1S/C18H20N2.ClH/c1-19-10-11-20-17-9-5-3-7-15(17)12-14-6-2-4-8-16(14)18(20)13-19;/h2-9,18H,10-13H2,1H3;1H/i1D3;. The van der Waals surface area contributed by atoms with Crippen LogP contribution in [0.3, 0.4) is 0 Å². The van der Waals surface area contributed by atoms with Crippen LogP contribution in [0.1, 0.15) is 26.8 Å². The molecule has 2 aromatic rings. The molecule has 1 fully saturated rings. The van der Waals surface area contributed by atoms with Crippen LogP contribution in [0.4, 0.5) is 5.69 Å². The van der Waals surface area contributed by atoms with Crippen molar-refractivity contribution in [3.8, 4) is 0 Å². The topological polar surface area (TPSA) is 6.48 Å². The molecule has 0 saturated carbocycles. The number of hydrogen-bond donors (Lipinski definition) is 0. The monoisotopic (exact) mass is 303 g/mol. The molecule has 2 aliphatic rings. The number of hydrogen-bond acceptors (Lipinski definition) is 2. The van der Waals surface area contributed by atoms with Gasteiger partial charge in [0.15, 0.2) is 0 Å². The summed E-state index contributed by atoms with van der Waals surface area (Å²) in [6.07, 6.45) is 0.910. The average molecular weight is 304 g/mol. The van der Waals surface area contributed by atoms with E-state index >= 15 is 0 Å². The molecule has 0 bridgehead atoms. The first-order valence-electron chi connectivity index (χ1n) is 8.71. The van der Waals surface area contributed by atoms with Gasteiger partial charge in [-0.25, -0.2) is 0 Å². The number of piperazine rings is 1. The summed E-state index contributed by atoms with van der Waals surface area (Å²) in [5, 5.41) is 0. The van der Waals surface area contributed by atoms with Gasteiger partial charge in [-0.15, -0.1) is 12.4 Å². The van der Waals surface area contributed by atoms with Crippen molar-refractivity contribution in [1.82, 2.24) is 4.90 Å². The van der Waals surface area contributed by atoms with Crippen molar-refractivity contribution in [2.24, 2.45) is 0 Å². The molecule has 21 heavy (non-hydrogen) atoms. The Morgan fingerprint density at radius 3 is 2.62 bits per heavy atom. The van der Waals surface area contributed by atoms with E-state index in [4.69, 9.17) is 4.11 Å². The van der Waals surface area contributed by atoms with E-state index < -0.39 is 6.98 Å². The third-order valence-corrected chi connectivity index (χ3v) is 4.48. The van der Waals surface area contributed by atoms with Crippen molar-refractivity contribution in [2.45, 2.75) is 12.5 Å². The fraction of sp³-hybridized carbons (Fsp3) is 0.333. The minimum atomic E-state index is -2.02. The average Bonchev–Trinajstić information content (AvgIpc) is 2.68. The van der Waals surface area contributed by atoms with Gasteiger partial charge in [0.2, 0.25) is 0 Å². The number of rotatable bonds is 0. The van der Waals surface area contributed by atoms with E-state index in [1.807, 2.05) is 0 Å². The van der Waals surface area contributed by atoms with Crippen molar-refractivity contribution >= 4 is 18.1 Å². The maximum absolute atomic E-state index is 7.76. The highest BCUT2D eigenvalue weighted by molar-refractivity contribution is 5.85. The second kappa shape index (κ2) is 5.70. The first-order chi connectivity index (χ1) is 11.0. The molecule has 0 aliphatic carbocycles. The molecule has 0 amide bonds. The summed E-state index contributed by atoms with van der Waals surface area (Å²) in [5.41, 5.74) is 5.14. The lowest BCUT2D eigenvalue weighted by atomic mass is 9.96. The Morgan fingerprint density at radius 1 is 1.00 bits per heavy atom. The third kappa shape index (κ3) is 2.43. The first kappa shape index (κ1) is 11.1. The van der Waals surface area contributed by atoms with Crippen LogP contribution in [0.25, 0.3) is 0 Å². The Morgan fingerprint density at radius 2 is 1.76 bits per heavy atom. The molecular formula is C18H21ClN2. The van der Waals surface area contributed by atoms with Gasteiger partial charge < -0.3 is 9.80 Å². The molecule has 0 spiro atoms. The summed E-state index contributed by atoms with van der Waals surface area (Å²) >= 11 is 0. The third-order valence-electron chi connectivity index (χ3n) is 4.48. The van der Waals surface area contributed by atoms with Gasteiger partial charge >= 0.3 is 0 Å². The Labute approximate surface area is 137 Å². The van der Waals surface area contributed by atoms with Crippen LogP contribution in [-0.4, -0.2) is 31.5 Å². The second-order valence-electron chi connectivity index (χ2n) is 5.66. The first-order valence-corrected chi connectivity index (χ1v) is 7.21. The zero-order valence-electron chi connectivity index (χ0n) is 14.8. The van der Waals surface area contributed by atoms with Crippen LogP contribution >= 0.6 is 12.4 Å². The lowest BCUT2D eigenvalue weighted by molar-refractivity contribution is 0.269. The summed E-state index contributed by atoms with van der Waals surface area (Å²) in [5.74, 6) is 0. The highest BCUT2D eigenvalue weighted by atomic mass is 35.5. The Kier molecular flexibility index (Phi) is 3.02. The van der Waals surface area contributed by atoms with E-state index in [1.54, 1.807) is 4.90 Å². The predicted molar refractivity (Wildman–Crippen MR) is 90.5 cm³/mol. The molecule has 0 aromatic heterocycles. The van der Waals surface area contributed by atoms with Crippen LogP contribution in [0.5, 0.6) is 0 Å². The lowest BCUT2D eigenvalue weighted by Gasteiger charge is -2.41. The van der Waals surface area contributed by atoms with Gasteiger partial charge in [-0.3, -0.25) is 0 Å². The Balaban J connectivity index is 0.00000169. The number of nitrogens with zero attached hydrogens (tertiary/aromatic N) is 2. The molecule has 0 radical (unpaired) electrons. The number of fused-ring (bicyclic) bond motifs is 5. The summed E-state index contributed by atoms with van der Waals surface area (Å²) in [6, 6.07) is 17.1. The zero-order valence-corrected chi connectivity index (χ0v) is 12.6. The Hall–Kier alpha value is -1.51. The number of para-hydroxylation sites is 1. The molecular weight excluding hydrogens is 280 g/mol. The number of anilines is 1. The molecule has 3 heteroatoms. The summed E-state index contributed by atoms with van der Waals surface area (Å²) in [4.78, 5) is 4.03. The van der Waals surface area contributed by atoms with Gasteiger partial charge in [-0.05, 0) is 36.2 Å². The summed E-state index contributed by atoms with van der Waals surface area (Å²) < 4.78 is 23.3. The normalized spacial score (nSPS) is 23.3. The highest BCUT2D eigenvalue weighted by Crippen LogP contribution is 2.38. The van der Waals surface area contributed by atoms with Crippen molar-refractivity contribution in [3.05, 3.63) is 65.2 Å². The highest BCUT2D eigenvalue weighted by Gasteiger charge is 2.31. The largest absolute Gasteiger partial charge is 0.362 e. The number of benzene rings is 2. The van der Waals surface area contributed by atoms with E-state index in [2.05, 4.69) is 53.4 Å². The van der Waals surface area contributed by atoms with Gasteiger partial charge in [0.25, 0.3) is 0 Å². The van der Waals surface area contributed by atoms with Gasteiger partial charge in [0, 0.05) is 29.4 Å². The fourth-order valence-electron chi connectivity index (χ4n) is 3.50. The van der Waals surface area contributed by atoms with E-state index in [0.717, 1.165) is 13.0 Å². The number of likely N-dealkylation sites (N-methyl/N-ethyl adjacent to an activating group) is 1. The summed E-state index contributed by atoms with van der Waals surface area (Å²) in [6.45, 7) is -0.160. The molecule has 2 nitrogen and oxygen atoms in total. The van der Waals surface area contributed by atoms with Gasteiger partial charge in [0.1, 0.15) is 0 Å². The molecule has 4 rings (SSSR count). The fourth-order valence-corrected chi connectivity index (χ4v) is 3.50. The zero-order chi connectivity index (χ0) is 16.0. The number of halogens is 1. The maximum atomic E-state index is 7.76. The minimum Gasteiger partial charge on any atom is -0.362 e. The van der Waals surface area contributed by atoms with Crippen LogP contribution in [0.15, 0.2) is 48.5 Å². The molecule has 0 N–H and O–H groups in total. The Bertz CT molecular complexity index is 732. The molecule has 2 heterocycles. The molecule has 2 aromatic carbocycles. The van der Waals surface area contributed by atoms with E-state index in [-0.39, 0.29) is 18.4 Å². The van der Waals surface area contributed by atoms with E-state index in [1.165, 1.54) is 22.4 Å². The molecule has 1 saturated heterocycles. The van der Waals surface area contributed by atoms with Gasteiger partial charge in [-0.2, -0.15) is 0 Å². The van der Waals surface area contributed by atoms with Crippen molar-refractivity contribution < 1.29 is 4.11 Å². The maximum Gasteiger partial charge on any atom is 0.0672 e. The van der Waals surface area contributed by atoms with Crippen LogP contribution in [0.2, 0.25) is 0 Å². The van der Waals surface area contributed by atoms with Crippen molar-refractivity contribution in [1.29, 1.82) is 0 Å². The SMILES string of the molecule is Cl.[2H]C([2H])([2H])N1CCN2c3ccccc3Cc3ccccc3C2C1. The minimum absolute atomic E-state index is 0. The van der Waals surface area contributed by atoms with E-state index in [9.17, 15) is 0 Å². The summed E-state index contributed by atoms with van der Waals surface area (Å²) in [7, 11) is 0. The van der Waals surface area contributed by atoms with Crippen molar-refractivity contribution in [2.75, 3.05) is 31.5 Å². The van der Waals surface area contributed by atoms with Gasteiger partial charge in [0.05, 0.1) is 6.04 Å². The van der Waals surface area contributed by atoms with Gasteiger partial charge in [-0.1, -0.05) is 42.5 Å².